The zero-order valence-corrected chi connectivity index (χ0v) is 9.36. The molecule has 5 nitrogen and oxygen atoms in total. The van der Waals surface area contributed by atoms with Crippen molar-refractivity contribution >= 4 is 5.97 Å². The van der Waals surface area contributed by atoms with E-state index in [1.165, 1.54) is 7.11 Å². The van der Waals surface area contributed by atoms with E-state index >= 15 is 0 Å². The van der Waals surface area contributed by atoms with Crippen LogP contribution in [0, 0.1) is 0 Å². The standard InChI is InChI=1S/C10H17N3O2/c1-4-12-9(10(14)15-3)8-6-11-7-13(8)5-2/h6-7,9,12H,4-5H2,1-3H3. The van der Waals surface area contributed by atoms with Crippen molar-refractivity contribution < 1.29 is 9.53 Å². The maximum Gasteiger partial charge on any atom is 0.329 e. The van der Waals surface area contributed by atoms with Gasteiger partial charge in [0.2, 0.25) is 0 Å². The number of imidazole rings is 1. The molecule has 0 radical (unpaired) electrons. The van der Waals surface area contributed by atoms with Crippen molar-refractivity contribution in [1.29, 1.82) is 0 Å². The summed E-state index contributed by atoms with van der Waals surface area (Å²) in [6.45, 7) is 5.44. The van der Waals surface area contributed by atoms with Gasteiger partial charge in [-0.1, -0.05) is 6.92 Å². The normalized spacial score (nSPS) is 12.5. The molecule has 84 valence electrons. The van der Waals surface area contributed by atoms with Crippen molar-refractivity contribution in [2.45, 2.75) is 26.4 Å². The Kier molecular flexibility index (Phi) is 4.30. The highest BCUT2D eigenvalue weighted by Crippen LogP contribution is 2.13. The van der Waals surface area contributed by atoms with Crippen LogP contribution in [0.2, 0.25) is 0 Å². The number of aromatic nitrogens is 2. The van der Waals surface area contributed by atoms with Crippen molar-refractivity contribution in [3.63, 3.8) is 0 Å². The fourth-order valence-corrected chi connectivity index (χ4v) is 1.47. The second-order valence-corrected chi connectivity index (χ2v) is 3.12. The van der Waals surface area contributed by atoms with Gasteiger partial charge in [-0.05, 0) is 13.5 Å². The van der Waals surface area contributed by atoms with Crippen molar-refractivity contribution in [3.8, 4) is 0 Å². The molecule has 0 saturated heterocycles. The van der Waals surface area contributed by atoms with Gasteiger partial charge >= 0.3 is 5.97 Å². The number of methoxy groups -OCH3 is 1. The minimum Gasteiger partial charge on any atom is -0.468 e. The average molecular weight is 211 g/mol. The third-order valence-electron chi connectivity index (χ3n) is 2.23. The lowest BCUT2D eigenvalue weighted by molar-refractivity contribution is -0.143. The third kappa shape index (κ3) is 2.56. The highest BCUT2D eigenvalue weighted by molar-refractivity contribution is 5.76. The predicted molar refractivity (Wildman–Crippen MR) is 56.3 cm³/mol. The van der Waals surface area contributed by atoms with Crippen LogP contribution in [-0.2, 0) is 16.1 Å². The largest absolute Gasteiger partial charge is 0.468 e. The third-order valence-corrected chi connectivity index (χ3v) is 2.23. The Bertz CT molecular complexity index is 322. The van der Waals surface area contributed by atoms with E-state index in [0.29, 0.717) is 6.54 Å². The topological polar surface area (TPSA) is 56.1 Å². The molecule has 1 aromatic rings. The Hall–Kier alpha value is -1.36. The van der Waals surface area contributed by atoms with Crippen LogP contribution in [0.1, 0.15) is 25.6 Å². The minimum atomic E-state index is -0.428. The summed E-state index contributed by atoms with van der Waals surface area (Å²) in [5, 5.41) is 3.08. The quantitative estimate of drug-likeness (QED) is 0.729. The number of carbonyl (C=O) groups excluding carboxylic acids is 1. The molecule has 0 aromatic carbocycles. The molecular formula is C10H17N3O2. The Morgan fingerprint density at radius 1 is 1.67 bits per heavy atom. The molecule has 0 bridgehead atoms. The van der Waals surface area contributed by atoms with Crippen LogP contribution in [0.5, 0.6) is 0 Å². The van der Waals surface area contributed by atoms with E-state index < -0.39 is 6.04 Å². The number of aryl methyl sites for hydroxylation is 1. The summed E-state index contributed by atoms with van der Waals surface area (Å²) in [7, 11) is 1.39. The van der Waals surface area contributed by atoms with Gasteiger partial charge in [-0.2, -0.15) is 0 Å². The Balaban J connectivity index is 2.92. The molecule has 0 saturated carbocycles. The lowest BCUT2D eigenvalue weighted by atomic mass is 10.2. The first-order valence-corrected chi connectivity index (χ1v) is 5.05. The number of esters is 1. The fourth-order valence-electron chi connectivity index (χ4n) is 1.47. The van der Waals surface area contributed by atoms with Crippen molar-refractivity contribution in [1.82, 2.24) is 14.9 Å². The number of nitrogens with one attached hydrogen (secondary N) is 1. The van der Waals surface area contributed by atoms with E-state index in [2.05, 4.69) is 10.3 Å². The Labute approximate surface area is 89.4 Å². The van der Waals surface area contributed by atoms with Crippen LogP contribution in [0.3, 0.4) is 0 Å². The van der Waals surface area contributed by atoms with Crippen LogP contribution in [0.25, 0.3) is 0 Å². The van der Waals surface area contributed by atoms with Crippen molar-refractivity contribution in [2.24, 2.45) is 0 Å². The summed E-state index contributed by atoms with van der Waals surface area (Å²) in [6.07, 6.45) is 3.40. The highest BCUT2D eigenvalue weighted by atomic mass is 16.5. The molecule has 15 heavy (non-hydrogen) atoms. The van der Waals surface area contributed by atoms with Gasteiger partial charge in [-0.25, -0.2) is 9.78 Å². The van der Waals surface area contributed by atoms with Gasteiger partial charge in [-0.15, -0.1) is 0 Å². The van der Waals surface area contributed by atoms with Gasteiger partial charge in [0.05, 0.1) is 25.3 Å². The predicted octanol–water partition coefficient (Wildman–Crippen LogP) is 0.727. The molecule has 1 rings (SSSR count). The average Bonchev–Trinajstić information content (AvgIpc) is 2.72. The van der Waals surface area contributed by atoms with Crippen LogP contribution in [-0.4, -0.2) is 29.2 Å². The smallest absolute Gasteiger partial charge is 0.329 e. The molecule has 1 unspecified atom stereocenters. The molecule has 1 heterocycles. The number of carbonyl (C=O) groups is 1. The summed E-state index contributed by atoms with van der Waals surface area (Å²) in [5.41, 5.74) is 0.839. The summed E-state index contributed by atoms with van der Waals surface area (Å²) in [5.74, 6) is -0.285. The van der Waals surface area contributed by atoms with Gasteiger partial charge < -0.3 is 9.30 Å². The molecule has 0 aliphatic rings. The second kappa shape index (κ2) is 5.50. The number of rotatable bonds is 5. The number of likely N-dealkylation sites (N-methyl/N-ethyl adjacent to an activating group) is 1. The van der Waals surface area contributed by atoms with Gasteiger partial charge in [-0.3, -0.25) is 5.32 Å². The zero-order chi connectivity index (χ0) is 11.3. The molecule has 0 aliphatic heterocycles. The lowest BCUT2D eigenvalue weighted by Gasteiger charge is -2.16. The Morgan fingerprint density at radius 3 is 2.93 bits per heavy atom. The van der Waals surface area contributed by atoms with E-state index in [-0.39, 0.29) is 5.97 Å². The molecular weight excluding hydrogens is 194 g/mol. The minimum absolute atomic E-state index is 0.285. The first kappa shape index (κ1) is 11.7. The number of nitrogens with zero attached hydrogens (tertiary/aromatic N) is 2. The summed E-state index contributed by atoms with van der Waals surface area (Å²) in [6, 6.07) is -0.428. The monoisotopic (exact) mass is 211 g/mol. The molecule has 1 aromatic heterocycles. The summed E-state index contributed by atoms with van der Waals surface area (Å²) >= 11 is 0. The molecule has 5 heteroatoms. The van der Waals surface area contributed by atoms with Gasteiger partial charge in [0, 0.05) is 6.54 Å². The van der Waals surface area contributed by atoms with Crippen LogP contribution >= 0.6 is 0 Å². The van der Waals surface area contributed by atoms with Crippen molar-refractivity contribution in [2.75, 3.05) is 13.7 Å². The van der Waals surface area contributed by atoms with E-state index in [4.69, 9.17) is 4.74 Å². The molecule has 0 fully saturated rings. The van der Waals surface area contributed by atoms with E-state index in [0.717, 1.165) is 12.2 Å². The molecule has 0 spiro atoms. The molecule has 1 N–H and O–H groups in total. The number of hydrogen-bond acceptors (Lipinski definition) is 4. The fraction of sp³-hybridized carbons (Fsp3) is 0.600. The molecule has 1 atom stereocenters. The summed E-state index contributed by atoms with van der Waals surface area (Å²) < 4.78 is 6.67. The van der Waals surface area contributed by atoms with E-state index in [9.17, 15) is 4.79 Å². The van der Waals surface area contributed by atoms with Gasteiger partial charge in [0.15, 0.2) is 0 Å². The zero-order valence-electron chi connectivity index (χ0n) is 9.36. The maximum absolute atomic E-state index is 11.5. The lowest BCUT2D eigenvalue weighted by Crippen LogP contribution is -2.31. The van der Waals surface area contributed by atoms with Crippen molar-refractivity contribution in [3.05, 3.63) is 18.2 Å². The molecule has 0 aliphatic carbocycles. The first-order chi connectivity index (χ1) is 7.24. The van der Waals surface area contributed by atoms with E-state index in [1.807, 2.05) is 18.4 Å². The first-order valence-electron chi connectivity index (χ1n) is 5.05. The second-order valence-electron chi connectivity index (χ2n) is 3.12. The van der Waals surface area contributed by atoms with Crippen LogP contribution < -0.4 is 5.32 Å². The van der Waals surface area contributed by atoms with Gasteiger partial charge in [0.25, 0.3) is 0 Å². The summed E-state index contributed by atoms with van der Waals surface area (Å²) in [4.78, 5) is 15.6. The molecule has 0 amide bonds. The van der Waals surface area contributed by atoms with Crippen LogP contribution in [0.4, 0.5) is 0 Å². The SMILES string of the molecule is CCNC(C(=O)OC)c1cncn1CC. The maximum atomic E-state index is 11.5. The highest BCUT2D eigenvalue weighted by Gasteiger charge is 2.23. The van der Waals surface area contributed by atoms with E-state index in [1.54, 1.807) is 12.5 Å². The van der Waals surface area contributed by atoms with Gasteiger partial charge in [0.1, 0.15) is 6.04 Å². The number of hydrogen-bond donors (Lipinski definition) is 1. The van der Waals surface area contributed by atoms with Crippen LogP contribution in [0.15, 0.2) is 12.5 Å². The number of ether oxygens (including phenoxy) is 1. The Morgan fingerprint density at radius 2 is 2.40 bits per heavy atom.